The van der Waals surface area contributed by atoms with Gasteiger partial charge in [-0.25, -0.2) is 10.2 Å². The van der Waals surface area contributed by atoms with Crippen LogP contribution in [-0.4, -0.2) is 17.0 Å². The lowest BCUT2D eigenvalue weighted by molar-refractivity contribution is 0.0935. The zero-order valence-corrected chi connectivity index (χ0v) is 12.6. The molecule has 0 radical (unpaired) electrons. The third-order valence-electron chi connectivity index (χ3n) is 2.62. The predicted molar refractivity (Wildman–Crippen MR) is 84.2 cm³/mol. The average Bonchev–Trinajstić information content (AvgIpc) is 2.49. The van der Waals surface area contributed by atoms with Crippen molar-refractivity contribution in [3.8, 4) is 5.75 Å². The van der Waals surface area contributed by atoms with Crippen LogP contribution in [0.5, 0.6) is 5.75 Å². The molecule has 22 heavy (non-hydrogen) atoms. The summed E-state index contributed by atoms with van der Waals surface area (Å²) in [5.41, 5.74) is 4.77. The smallest absolute Gasteiger partial charge is 0.337 e. The number of para-hydroxylation sites is 1. The van der Waals surface area contributed by atoms with Gasteiger partial charge in [0.15, 0.2) is 0 Å². The summed E-state index contributed by atoms with van der Waals surface area (Å²) in [6.45, 7) is 0. The van der Waals surface area contributed by atoms with Gasteiger partial charge < -0.3 is 10.4 Å². The van der Waals surface area contributed by atoms with Gasteiger partial charge in [0.05, 0.1) is 15.6 Å². The Morgan fingerprint density at radius 2 is 1.68 bits per heavy atom. The average molecular weight is 340 g/mol. The van der Waals surface area contributed by atoms with E-state index in [0.717, 1.165) is 0 Å². The molecule has 0 aliphatic carbocycles. The molecule has 0 unspecified atom stereocenters. The van der Waals surface area contributed by atoms with Crippen molar-refractivity contribution in [2.45, 2.75) is 0 Å². The topological polar surface area (TPSA) is 90.5 Å². The van der Waals surface area contributed by atoms with E-state index >= 15 is 0 Å². The molecule has 0 aliphatic heterocycles. The standard InChI is InChI=1S/C14H11Cl2N3O3/c15-10-6-5-8(7-11(10)16)17-14(22)19-18-13(21)9-3-1-2-4-12(9)20/h1-7,20H,(H,18,21)(H2,17,19,22). The highest BCUT2D eigenvalue weighted by Gasteiger charge is 2.11. The Balaban J connectivity index is 1.91. The third kappa shape index (κ3) is 4.03. The van der Waals surface area contributed by atoms with Gasteiger partial charge >= 0.3 is 6.03 Å². The Labute approximate surface area is 136 Å². The van der Waals surface area contributed by atoms with Gasteiger partial charge in [0.2, 0.25) is 0 Å². The van der Waals surface area contributed by atoms with Crippen LogP contribution in [0.25, 0.3) is 0 Å². The van der Waals surface area contributed by atoms with Crippen LogP contribution in [0.2, 0.25) is 10.0 Å². The molecule has 2 aromatic rings. The molecule has 0 heterocycles. The number of urea groups is 1. The summed E-state index contributed by atoms with van der Waals surface area (Å²) in [6.07, 6.45) is 0. The minimum atomic E-state index is -0.679. The van der Waals surface area contributed by atoms with Gasteiger partial charge in [-0.15, -0.1) is 0 Å². The van der Waals surface area contributed by atoms with Crippen LogP contribution in [0.3, 0.4) is 0 Å². The molecule has 8 heteroatoms. The van der Waals surface area contributed by atoms with E-state index in [1.54, 1.807) is 18.2 Å². The highest BCUT2D eigenvalue weighted by atomic mass is 35.5. The molecule has 4 N–H and O–H groups in total. The molecule has 2 aromatic carbocycles. The number of carbonyl (C=O) groups excluding carboxylic acids is 2. The van der Waals surface area contributed by atoms with E-state index in [1.807, 2.05) is 0 Å². The number of hydrogen-bond acceptors (Lipinski definition) is 3. The lowest BCUT2D eigenvalue weighted by Crippen LogP contribution is -2.43. The molecule has 0 atom stereocenters. The summed E-state index contributed by atoms with van der Waals surface area (Å²) in [5.74, 6) is -0.839. The molecule has 2 rings (SSSR count). The van der Waals surface area contributed by atoms with Crippen LogP contribution < -0.4 is 16.2 Å². The van der Waals surface area contributed by atoms with Gasteiger partial charge in [-0.1, -0.05) is 35.3 Å². The van der Waals surface area contributed by atoms with Gasteiger partial charge in [-0.3, -0.25) is 10.2 Å². The maximum atomic E-state index is 11.8. The normalized spacial score (nSPS) is 9.91. The van der Waals surface area contributed by atoms with Crippen LogP contribution in [0.4, 0.5) is 10.5 Å². The molecule has 0 saturated heterocycles. The van der Waals surface area contributed by atoms with Gasteiger partial charge in [-0.2, -0.15) is 0 Å². The third-order valence-corrected chi connectivity index (χ3v) is 3.35. The molecule has 0 fully saturated rings. The van der Waals surface area contributed by atoms with E-state index in [9.17, 15) is 14.7 Å². The first-order valence-electron chi connectivity index (χ1n) is 6.08. The summed E-state index contributed by atoms with van der Waals surface area (Å²) >= 11 is 11.6. The molecule has 0 aliphatic rings. The lowest BCUT2D eigenvalue weighted by atomic mass is 10.2. The van der Waals surface area contributed by atoms with E-state index in [-0.39, 0.29) is 16.3 Å². The van der Waals surface area contributed by atoms with Crippen molar-refractivity contribution < 1.29 is 14.7 Å². The number of benzene rings is 2. The molecule has 0 aromatic heterocycles. The summed E-state index contributed by atoms with van der Waals surface area (Å²) < 4.78 is 0. The van der Waals surface area contributed by atoms with Crippen molar-refractivity contribution in [1.29, 1.82) is 0 Å². The molecule has 0 bridgehead atoms. The number of anilines is 1. The number of amides is 3. The van der Waals surface area contributed by atoms with Crippen molar-refractivity contribution in [2.75, 3.05) is 5.32 Å². The van der Waals surface area contributed by atoms with Crippen LogP contribution in [0, 0.1) is 0 Å². The molecule has 114 valence electrons. The molecule has 0 saturated carbocycles. The molecule has 6 nitrogen and oxygen atoms in total. The largest absolute Gasteiger partial charge is 0.507 e. The van der Waals surface area contributed by atoms with Crippen molar-refractivity contribution in [1.82, 2.24) is 10.9 Å². The fourth-order valence-corrected chi connectivity index (χ4v) is 1.88. The van der Waals surface area contributed by atoms with Crippen molar-refractivity contribution in [3.63, 3.8) is 0 Å². The first-order chi connectivity index (χ1) is 10.5. The number of carbonyl (C=O) groups is 2. The van der Waals surface area contributed by atoms with E-state index in [2.05, 4.69) is 16.2 Å². The number of hydrogen-bond donors (Lipinski definition) is 4. The first kappa shape index (κ1) is 15.9. The maximum Gasteiger partial charge on any atom is 0.337 e. The minimum absolute atomic E-state index is 0.0392. The van der Waals surface area contributed by atoms with E-state index < -0.39 is 11.9 Å². The van der Waals surface area contributed by atoms with E-state index in [4.69, 9.17) is 23.2 Å². The summed E-state index contributed by atoms with van der Waals surface area (Å²) in [4.78, 5) is 23.4. The number of phenolic OH excluding ortho intramolecular Hbond substituents is 1. The number of rotatable bonds is 2. The van der Waals surface area contributed by atoms with Crippen LogP contribution in [0.15, 0.2) is 42.5 Å². The zero-order chi connectivity index (χ0) is 16.1. The summed E-state index contributed by atoms with van der Waals surface area (Å²) in [5, 5.41) is 12.6. The van der Waals surface area contributed by atoms with Crippen molar-refractivity contribution in [3.05, 3.63) is 58.1 Å². The monoisotopic (exact) mass is 339 g/mol. The van der Waals surface area contributed by atoms with E-state index in [0.29, 0.717) is 10.7 Å². The van der Waals surface area contributed by atoms with Crippen molar-refractivity contribution in [2.24, 2.45) is 0 Å². The Bertz CT molecular complexity index is 722. The first-order valence-corrected chi connectivity index (χ1v) is 6.83. The number of halogens is 2. The predicted octanol–water partition coefficient (Wildman–Crippen LogP) is 3.17. The zero-order valence-electron chi connectivity index (χ0n) is 11.1. The number of hydrazine groups is 1. The van der Waals surface area contributed by atoms with Crippen LogP contribution in [-0.2, 0) is 0 Å². The second-order valence-electron chi connectivity index (χ2n) is 4.18. The van der Waals surface area contributed by atoms with Gasteiger partial charge in [0.1, 0.15) is 5.75 Å². The van der Waals surface area contributed by atoms with Crippen molar-refractivity contribution >= 4 is 40.8 Å². The van der Waals surface area contributed by atoms with Gasteiger partial charge in [-0.05, 0) is 30.3 Å². The van der Waals surface area contributed by atoms with Crippen LogP contribution in [0.1, 0.15) is 10.4 Å². The number of aromatic hydroxyl groups is 1. The highest BCUT2D eigenvalue weighted by Crippen LogP contribution is 2.24. The number of nitrogens with one attached hydrogen (secondary N) is 3. The Hall–Kier alpha value is -2.44. The molecular formula is C14H11Cl2N3O3. The second kappa shape index (κ2) is 7.02. The quantitative estimate of drug-likeness (QED) is 0.633. The molecule has 0 spiro atoms. The molecular weight excluding hydrogens is 329 g/mol. The van der Waals surface area contributed by atoms with E-state index in [1.165, 1.54) is 24.3 Å². The minimum Gasteiger partial charge on any atom is -0.507 e. The second-order valence-corrected chi connectivity index (χ2v) is 4.99. The summed E-state index contributed by atoms with van der Waals surface area (Å²) in [6, 6.07) is 9.82. The number of phenols is 1. The Morgan fingerprint density at radius 1 is 0.955 bits per heavy atom. The Kier molecular flexibility index (Phi) is 5.08. The van der Waals surface area contributed by atoms with Crippen LogP contribution >= 0.6 is 23.2 Å². The fraction of sp³-hybridized carbons (Fsp3) is 0. The SMILES string of the molecule is O=C(NNC(=O)c1ccccc1O)Nc1ccc(Cl)c(Cl)c1. The highest BCUT2D eigenvalue weighted by molar-refractivity contribution is 6.42. The lowest BCUT2D eigenvalue weighted by Gasteiger charge is -2.10. The van der Waals surface area contributed by atoms with Gasteiger partial charge in [0.25, 0.3) is 5.91 Å². The molecule has 3 amide bonds. The fourth-order valence-electron chi connectivity index (χ4n) is 1.58. The Morgan fingerprint density at radius 3 is 2.36 bits per heavy atom. The summed E-state index contributed by atoms with van der Waals surface area (Å²) in [7, 11) is 0. The maximum absolute atomic E-state index is 11.8. The van der Waals surface area contributed by atoms with Gasteiger partial charge in [0, 0.05) is 5.69 Å².